The highest BCUT2D eigenvalue weighted by Crippen LogP contribution is 2.16. The quantitative estimate of drug-likeness (QED) is 0.832. The van der Waals surface area contributed by atoms with E-state index >= 15 is 0 Å². The number of hydrogen-bond acceptors (Lipinski definition) is 3. The van der Waals surface area contributed by atoms with Crippen LogP contribution in [0, 0.1) is 0 Å². The number of nitrogens with one attached hydrogen (secondary N) is 2. The van der Waals surface area contributed by atoms with E-state index in [0.717, 1.165) is 32.5 Å². The van der Waals surface area contributed by atoms with E-state index in [9.17, 15) is 4.79 Å². The minimum Gasteiger partial charge on any atom is -0.355 e. The standard InChI is InChI=1S/C17H27N3O/c1-3-15(12-14-8-6-5-7-9-14)20-11-10-18-13-16(20)17(21)19-4-2/h5-9,15-16,18H,3-4,10-13H2,1-2H3,(H,19,21). The van der Waals surface area contributed by atoms with Crippen molar-refractivity contribution in [3.63, 3.8) is 0 Å². The molecule has 1 aliphatic rings. The summed E-state index contributed by atoms with van der Waals surface area (Å²) in [6.07, 6.45) is 2.07. The molecule has 0 bridgehead atoms. The predicted octanol–water partition coefficient (Wildman–Crippen LogP) is 1.42. The van der Waals surface area contributed by atoms with Crippen LogP contribution < -0.4 is 10.6 Å². The Balaban J connectivity index is 2.08. The van der Waals surface area contributed by atoms with Crippen LogP contribution in [0.4, 0.5) is 0 Å². The summed E-state index contributed by atoms with van der Waals surface area (Å²) in [4.78, 5) is 14.7. The van der Waals surface area contributed by atoms with Crippen molar-refractivity contribution in [1.29, 1.82) is 0 Å². The molecule has 1 saturated heterocycles. The highest BCUT2D eigenvalue weighted by Gasteiger charge is 2.32. The van der Waals surface area contributed by atoms with Gasteiger partial charge in [-0.25, -0.2) is 0 Å². The van der Waals surface area contributed by atoms with Crippen LogP contribution in [0.1, 0.15) is 25.8 Å². The van der Waals surface area contributed by atoms with E-state index in [2.05, 4.69) is 46.7 Å². The predicted molar refractivity (Wildman–Crippen MR) is 86.3 cm³/mol. The molecule has 1 aromatic rings. The van der Waals surface area contributed by atoms with Crippen molar-refractivity contribution in [2.75, 3.05) is 26.2 Å². The normalized spacial score (nSPS) is 21.0. The van der Waals surface area contributed by atoms with Crippen molar-refractivity contribution in [2.24, 2.45) is 0 Å². The van der Waals surface area contributed by atoms with Gasteiger partial charge in [-0.2, -0.15) is 0 Å². The Bertz CT molecular complexity index is 435. The van der Waals surface area contributed by atoms with E-state index in [1.807, 2.05) is 13.0 Å². The first-order chi connectivity index (χ1) is 10.3. The van der Waals surface area contributed by atoms with E-state index < -0.39 is 0 Å². The first-order valence-corrected chi connectivity index (χ1v) is 8.04. The van der Waals surface area contributed by atoms with E-state index in [1.54, 1.807) is 0 Å². The Morgan fingerprint density at radius 3 is 2.81 bits per heavy atom. The number of amides is 1. The van der Waals surface area contributed by atoms with Crippen molar-refractivity contribution in [1.82, 2.24) is 15.5 Å². The summed E-state index contributed by atoms with van der Waals surface area (Å²) < 4.78 is 0. The highest BCUT2D eigenvalue weighted by atomic mass is 16.2. The first-order valence-electron chi connectivity index (χ1n) is 8.04. The van der Waals surface area contributed by atoms with Gasteiger partial charge in [0.2, 0.25) is 5.91 Å². The van der Waals surface area contributed by atoms with Gasteiger partial charge in [-0.15, -0.1) is 0 Å². The van der Waals surface area contributed by atoms with Gasteiger partial charge in [0, 0.05) is 32.2 Å². The van der Waals surface area contributed by atoms with Crippen molar-refractivity contribution in [3.05, 3.63) is 35.9 Å². The van der Waals surface area contributed by atoms with E-state index in [1.165, 1.54) is 5.56 Å². The van der Waals surface area contributed by atoms with Crippen molar-refractivity contribution >= 4 is 5.91 Å². The fraction of sp³-hybridized carbons (Fsp3) is 0.588. The molecule has 0 saturated carbocycles. The highest BCUT2D eigenvalue weighted by molar-refractivity contribution is 5.82. The van der Waals surface area contributed by atoms with Gasteiger partial charge in [0.25, 0.3) is 0 Å². The maximum absolute atomic E-state index is 12.3. The third-order valence-corrected chi connectivity index (χ3v) is 4.19. The Labute approximate surface area is 127 Å². The van der Waals surface area contributed by atoms with Crippen molar-refractivity contribution < 1.29 is 4.79 Å². The number of hydrogen-bond donors (Lipinski definition) is 2. The van der Waals surface area contributed by atoms with E-state index in [4.69, 9.17) is 0 Å². The fourth-order valence-corrected chi connectivity index (χ4v) is 3.07. The molecule has 1 fully saturated rings. The average Bonchev–Trinajstić information content (AvgIpc) is 2.54. The average molecular weight is 289 g/mol. The molecule has 21 heavy (non-hydrogen) atoms. The molecule has 0 aromatic heterocycles. The molecule has 0 radical (unpaired) electrons. The summed E-state index contributed by atoms with van der Waals surface area (Å²) in [5, 5.41) is 6.31. The van der Waals surface area contributed by atoms with Gasteiger partial charge in [0.1, 0.15) is 6.04 Å². The maximum Gasteiger partial charge on any atom is 0.238 e. The van der Waals surface area contributed by atoms with E-state index in [0.29, 0.717) is 12.6 Å². The van der Waals surface area contributed by atoms with Gasteiger partial charge in [-0.3, -0.25) is 9.69 Å². The summed E-state index contributed by atoms with van der Waals surface area (Å²) >= 11 is 0. The molecule has 2 rings (SSSR count). The number of likely N-dealkylation sites (N-methyl/N-ethyl adjacent to an activating group) is 1. The molecular weight excluding hydrogens is 262 g/mol. The molecule has 116 valence electrons. The molecule has 0 spiro atoms. The molecule has 1 heterocycles. The minimum atomic E-state index is -0.0487. The summed E-state index contributed by atoms with van der Waals surface area (Å²) in [7, 11) is 0. The van der Waals surface area contributed by atoms with Gasteiger partial charge < -0.3 is 10.6 Å². The van der Waals surface area contributed by atoms with Gasteiger partial charge in [-0.05, 0) is 25.3 Å². The summed E-state index contributed by atoms with van der Waals surface area (Å²) in [5.74, 6) is 0.149. The summed E-state index contributed by atoms with van der Waals surface area (Å²) in [6.45, 7) is 7.52. The van der Waals surface area contributed by atoms with Crippen LogP contribution in [0.15, 0.2) is 30.3 Å². The Morgan fingerprint density at radius 2 is 2.14 bits per heavy atom. The monoisotopic (exact) mass is 289 g/mol. The molecule has 0 aliphatic carbocycles. The van der Waals surface area contributed by atoms with Crippen LogP contribution in [0.3, 0.4) is 0 Å². The lowest BCUT2D eigenvalue weighted by Crippen LogP contribution is -2.61. The molecular formula is C17H27N3O. The van der Waals surface area contributed by atoms with Crippen LogP contribution in [0.25, 0.3) is 0 Å². The van der Waals surface area contributed by atoms with Gasteiger partial charge in [0.05, 0.1) is 0 Å². The lowest BCUT2D eigenvalue weighted by Gasteiger charge is -2.40. The van der Waals surface area contributed by atoms with Crippen molar-refractivity contribution in [2.45, 2.75) is 38.8 Å². The topological polar surface area (TPSA) is 44.4 Å². The second-order valence-electron chi connectivity index (χ2n) is 5.60. The summed E-state index contributed by atoms with van der Waals surface area (Å²) in [5.41, 5.74) is 1.34. The number of piperazine rings is 1. The number of rotatable bonds is 6. The zero-order chi connectivity index (χ0) is 15.1. The number of nitrogens with zero attached hydrogens (tertiary/aromatic N) is 1. The Morgan fingerprint density at radius 1 is 1.38 bits per heavy atom. The lowest BCUT2D eigenvalue weighted by molar-refractivity contribution is -0.128. The van der Waals surface area contributed by atoms with Gasteiger partial charge in [0.15, 0.2) is 0 Å². The number of carbonyl (C=O) groups is 1. The largest absolute Gasteiger partial charge is 0.355 e. The molecule has 2 atom stereocenters. The molecule has 4 nitrogen and oxygen atoms in total. The lowest BCUT2D eigenvalue weighted by atomic mass is 9.99. The third-order valence-electron chi connectivity index (χ3n) is 4.19. The van der Waals surface area contributed by atoms with E-state index in [-0.39, 0.29) is 11.9 Å². The zero-order valence-electron chi connectivity index (χ0n) is 13.1. The second-order valence-corrected chi connectivity index (χ2v) is 5.60. The molecule has 2 unspecified atom stereocenters. The molecule has 2 N–H and O–H groups in total. The first kappa shape index (κ1) is 16.0. The van der Waals surface area contributed by atoms with Gasteiger partial charge in [-0.1, -0.05) is 37.3 Å². The molecule has 1 aliphatic heterocycles. The van der Waals surface area contributed by atoms with Crippen LogP contribution in [-0.4, -0.2) is 49.1 Å². The number of benzene rings is 1. The van der Waals surface area contributed by atoms with Crippen LogP contribution in [-0.2, 0) is 11.2 Å². The third kappa shape index (κ3) is 4.29. The van der Waals surface area contributed by atoms with Gasteiger partial charge >= 0.3 is 0 Å². The van der Waals surface area contributed by atoms with Crippen LogP contribution in [0.2, 0.25) is 0 Å². The fourth-order valence-electron chi connectivity index (χ4n) is 3.07. The SMILES string of the molecule is CCNC(=O)C1CNCCN1C(CC)Cc1ccccc1. The van der Waals surface area contributed by atoms with Crippen LogP contribution >= 0.6 is 0 Å². The molecule has 1 aromatic carbocycles. The summed E-state index contributed by atoms with van der Waals surface area (Å²) in [6, 6.07) is 10.9. The van der Waals surface area contributed by atoms with Crippen molar-refractivity contribution in [3.8, 4) is 0 Å². The molecule has 1 amide bonds. The number of carbonyl (C=O) groups excluding carboxylic acids is 1. The Kier molecular flexibility index (Phi) is 6.21. The Hall–Kier alpha value is -1.39. The molecule has 4 heteroatoms. The second kappa shape index (κ2) is 8.15. The minimum absolute atomic E-state index is 0.0487. The smallest absolute Gasteiger partial charge is 0.238 e. The zero-order valence-corrected chi connectivity index (χ0v) is 13.1. The maximum atomic E-state index is 12.3. The van der Waals surface area contributed by atoms with Crippen LogP contribution in [0.5, 0.6) is 0 Å².